The summed E-state index contributed by atoms with van der Waals surface area (Å²) >= 11 is 1.49. The Balaban J connectivity index is 1.14. The van der Waals surface area contributed by atoms with Crippen LogP contribution in [0.25, 0.3) is 0 Å². The molecule has 2 fully saturated rings. The molecule has 7 nitrogen and oxygen atoms in total. The monoisotopic (exact) mass is 497 g/mol. The van der Waals surface area contributed by atoms with E-state index in [0.29, 0.717) is 24.5 Å². The molecule has 1 N–H and O–H groups in total. The molecule has 10 heteroatoms. The van der Waals surface area contributed by atoms with Crippen molar-refractivity contribution in [3.63, 3.8) is 0 Å². The number of amides is 2. The fourth-order valence-electron chi connectivity index (χ4n) is 4.70. The lowest BCUT2D eigenvalue weighted by atomic mass is 9.95. The molecule has 0 bridgehead atoms. The number of nitrogens with zero attached hydrogens (tertiary/aromatic N) is 4. The molecule has 1 aromatic carbocycles. The number of benzene rings is 1. The number of hydrogen-bond acceptors (Lipinski definition) is 6. The van der Waals surface area contributed by atoms with Crippen molar-refractivity contribution in [3.8, 4) is 0 Å². The number of likely N-dealkylation sites (tertiary alicyclic amines) is 1. The number of anilines is 1. The van der Waals surface area contributed by atoms with E-state index in [1.807, 2.05) is 24.3 Å². The van der Waals surface area contributed by atoms with Crippen LogP contribution in [0.1, 0.15) is 50.1 Å². The van der Waals surface area contributed by atoms with E-state index in [1.54, 1.807) is 11.1 Å². The molecule has 182 valence electrons. The van der Waals surface area contributed by atoms with E-state index in [1.165, 1.54) is 17.4 Å². The summed E-state index contributed by atoms with van der Waals surface area (Å²) in [6.07, 6.45) is 3.94. The zero-order valence-corrected chi connectivity index (χ0v) is 19.8. The summed E-state index contributed by atoms with van der Waals surface area (Å²) in [7, 11) is 0. The summed E-state index contributed by atoms with van der Waals surface area (Å²) in [4.78, 5) is 31.0. The number of hydrogen-bond donors (Lipinski definition) is 1. The second kappa shape index (κ2) is 10.1. The van der Waals surface area contributed by atoms with E-state index in [-0.39, 0.29) is 23.4 Å². The highest BCUT2D eigenvalue weighted by Gasteiger charge is 2.29. The van der Waals surface area contributed by atoms with Gasteiger partial charge < -0.3 is 15.1 Å². The van der Waals surface area contributed by atoms with Crippen molar-refractivity contribution in [2.75, 3.05) is 31.1 Å². The normalized spacial score (nSPS) is 18.6. The van der Waals surface area contributed by atoms with Crippen LogP contribution in [0.3, 0.4) is 0 Å². The standard InChI is InChI=1S/C25H25F2N5O2S/c26-17-3-4-19(20(27)14-17)25(34)31-11-7-16(8-12-31)21-5-6-22(35-21)24(33)29-18-9-13-32(15-18)23-2-1-10-28-30-23/h1-6,10,14,16,18H,7-9,11-13,15H2,(H,29,33). The maximum absolute atomic E-state index is 14.0. The predicted molar refractivity (Wildman–Crippen MR) is 129 cm³/mol. The first-order chi connectivity index (χ1) is 17.0. The molecule has 35 heavy (non-hydrogen) atoms. The van der Waals surface area contributed by atoms with Gasteiger partial charge in [0.25, 0.3) is 11.8 Å². The lowest BCUT2D eigenvalue weighted by molar-refractivity contribution is 0.0708. The van der Waals surface area contributed by atoms with Crippen molar-refractivity contribution in [2.45, 2.75) is 31.2 Å². The summed E-state index contributed by atoms with van der Waals surface area (Å²) in [6.45, 7) is 2.49. The molecule has 0 aliphatic carbocycles. The largest absolute Gasteiger partial charge is 0.353 e. The van der Waals surface area contributed by atoms with Crippen LogP contribution in [-0.4, -0.2) is 59.1 Å². The molecule has 2 aliphatic rings. The molecule has 1 atom stereocenters. The molecule has 2 aromatic heterocycles. The van der Waals surface area contributed by atoms with Gasteiger partial charge >= 0.3 is 0 Å². The fourth-order valence-corrected chi connectivity index (χ4v) is 5.78. The number of carbonyl (C=O) groups excluding carboxylic acids is 2. The molecular weight excluding hydrogens is 472 g/mol. The fraction of sp³-hybridized carbons (Fsp3) is 0.360. The molecule has 0 spiro atoms. The Hall–Kier alpha value is -3.40. The summed E-state index contributed by atoms with van der Waals surface area (Å²) in [5.41, 5.74) is -0.107. The smallest absolute Gasteiger partial charge is 0.261 e. The van der Waals surface area contributed by atoms with E-state index in [4.69, 9.17) is 0 Å². The topological polar surface area (TPSA) is 78.4 Å². The van der Waals surface area contributed by atoms with Crippen LogP contribution in [0.4, 0.5) is 14.6 Å². The van der Waals surface area contributed by atoms with Gasteiger partial charge in [0.05, 0.1) is 10.4 Å². The summed E-state index contributed by atoms with van der Waals surface area (Å²) in [6, 6.07) is 10.7. The van der Waals surface area contributed by atoms with E-state index in [0.717, 1.165) is 48.6 Å². The number of carbonyl (C=O) groups is 2. The highest BCUT2D eigenvalue weighted by molar-refractivity contribution is 7.14. The van der Waals surface area contributed by atoms with Crippen LogP contribution >= 0.6 is 11.3 Å². The minimum atomic E-state index is -0.840. The molecule has 2 aliphatic heterocycles. The van der Waals surface area contributed by atoms with Crippen molar-refractivity contribution < 1.29 is 18.4 Å². The molecule has 2 amide bonds. The Kier molecular flexibility index (Phi) is 6.72. The van der Waals surface area contributed by atoms with Gasteiger partial charge in [0.2, 0.25) is 0 Å². The Morgan fingerprint density at radius 2 is 1.86 bits per heavy atom. The van der Waals surface area contributed by atoms with Gasteiger partial charge in [-0.3, -0.25) is 9.59 Å². The highest BCUT2D eigenvalue weighted by atomic mass is 32.1. The SMILES string of the molecule is O=C(NC1CCN(c2cccnn2)C1)c1ccc(C2CCN(C(=O)c3ccc(F)cc3F)CC2)s1. The van der Waals surface area contributed by atoms with Gasteiger partial charge in [0.15, 0.2) is 5.82 Å². The predicted octanol–water partition coefficient (Wildman–Crippen LogP) is 3.84. The Labute approximate surface area is 205 Å². The van der Waals surface area contributed by atoms with Gasteiger partial charge in [-0.2, -0.15) is 5.10 Å². The van der Waals surface area contributed by atoms with E-state index in [2.05, 4.69) is 20.4 Å². The lowest BCUT2D eigenvalue weighted by Crippen LogP contribution is -2.38. The Bertz CT molecular complexity index is 1210. The molecule has 1 unspecified atom stereocenters. The minimum absolute atomic E-state index is 0.0520. The summed E-state index contributed by atoms with van der Waals surface area (Å²) in [5, 5.41) is 11.2. The number of thiophene rings is 1. The van der Waals surface area contributed by atoms with Gasteiger partial charge in [-0.05, 0) is 61.6 Å². The van der Waals surface area contributed by atoms with Crippen LogP contribution in [-0.2, 0) is 0 Å². The first-order valence-electron chi connectivity index (χ1n) is 11.7. The van der Waals surface area contributed by atoms with E-state index >= 15 is 0 Å². The van der Waals surface area contributed by atoms with Crippen molar-refractivity contribution in [1.82, 2.24) is 20.4 Å². The molecule has 0 saturated carbocycles. The van der Waals surface area contributed by atoms with Crippen LogP contribution < -0.4 is 10.2 Å². The maximum atomic E-state index is 14.0. The Morgan fingerprint density at radius 3 is 2.60 bits per heavy atom. The number of rotatable bonds is 5. The van der Waals surface area contributed by atoms with Crippen molar-refractivity contribution in [2.24, 2.45) is 0 Å². The molecule has 3 aromatic rings. The van der Waals surface area contributed by atoms with Gasteiger partial charge in [-0.15, -0.1) is 16.4 Å². The molecule has 5 rings (SSSR count). The zero-order chi connectivity index (χ0) is 24.4. The zero-order valence-electron chi connectivity index (χ0n) is 19.0. The maximum Gasteiger partial charge on any atom is 0.261 e. The third kappa shape index (κ3) is 5.17. The van der Waals surface area contributed by atoms with E-state index < -0.39 is 17.5 Å². The molecule has 2 saturated heterocycles. The average Bonchev–Trinajstić information content (AvgIpc) is 3.55. The van der Waals surface area contributed by atoms with Crippen molar-refractivity contribution >= 4 is 29.0 Å². The number of aromatic nitrogens is 2. The summed E-state index contributed by atoms with van der Waals surface area (Å²) < 4.78 is 27.2. The first-order valence-corrected chi connectivity index (χ1v) is 12.5. The first kappa shape index (κ1) is 23.3. The lowest BCUT2D eigenvalue weighted by Gasteiger charge is -2.31. The summed E-state index contributed by atoms with van der Waals surface area (Å²) in [5.74, 6) is -0.984. The molecule has 4 heterocycles. The van der Waals surface area contributed by atoms with Gasteiger partial charge in [0.1, 0.15) is 11.6 Å². The van der Waals surface area contributed by atoms with Gasteiger partial charge in [-0.1, -0.05) is 0 Å². The number of halogens is 2. The van der Waals surface area contributed by atoms with Crippen molar-refractivity contribution in [1.29, 1.82) is 0 Å². The van der Waals surface area contributed by atoms with Gasteiger partial charge in [-0.25, -0.2) is 8.78 Å². The third-order valence-electron chi connectivity index (χ3n) is 6.60. The highest BCUT2D eigenvalue weighted by Crippen LogP contribution is 2.33. The average molecular weight is 498 g/mol. The molecular formula is C25H25F2N5O2S. The number of nitrogens with one attached hydrogen (secondary N) is 1. The van der Waals surface area contributed by atoms with Crippen LogP contribution in [0.2, 0.25) is 0 Å². The molecule has 0 radical (unpaired) electrons. The van der Waals surface area contributed by atoms with Crippen LogP contribution in [0.5, 0.6) is 0 Å². The second-order valence-corrected chi connectivity index (χ2v) is 9.99. The second-order valence-electron chi connectivity index (χ2n) is 8.88. The van der Waals surface area contributed by atoms with E-state index in [9.17, 15) is 18.4 Å². The van der Waals surface area contributed by atoms with Crippen LogP contribution in [0, 0.1) is 11.6 Å². The Morgan fingerprint density at radius 1 is 1.03 bits per heavy atom. The van der Waals surface area contributed by atoms with Crippen molar-refractivity contribution in [3.05, 3.63) is 75.6 Å². The third-order valence-corrected chi connectivity index (χ3v) is 7.85. The van der Waals surface area contributed by atoms with Crippen LogP contribution in [0.15, 0.2) is 48.7 Å². The quantitative estimate of drug-likeness (QED) is 0.580. The number of piperidine rings is 1. The van der Waals surface area contributed by atoms with Gasteiger partial charge in [0, 0.05) is 49.4 Å². The minimum Gasteiger partial charge on any atom is -0.353 e.